The number of allylic oxidation sites excluding steroid dienone is 2. The Morgan fingerprint density at radius 3 is 2.14 bits per heavy atom. The molecular formula is C11H9Cl3. The summed E-state index contributed by atoms with van der Waals surface area (Å²) >= 11 is 16.7. The van der Waals surface area contributed by atoms with Gasteiger partial charge in [0.05, 0.1) is 5.03 Å². The molecule has 0 N–H and O–H groups in total. The minimum absolute atomic E-state index is 0.0787. The van der Waals surface area contributed by atoms with E-state index in [2.05, 4.69) is 0 Å². The second kappa shape index (κ2) is 5.45. The first-order valence-corrected chi connectivity index (χ1v) is 5.18. The second-order valence-electron chi connectivity index (χ2n) is 2.85. The Kier molecular flexibility index (Phi) is 4.53. The highest BCUT2D eigenvalue weighted by molar-refractivity contribution is 6.59. The maximum atomic E-state index is 5.73. The fraction of sp³-hybridized carbons (Fsp3) is 0.0909. The van der Waals surface area contributed by atoms with Crippen LogP contribution < -0.4 is 0 Å². The summed E-state index contributed by atoms with van der Waals surface area (Å²) < 4.78 is 0.0787. The number of benzene rings is 1. The SMILES string of the molecule is Cc1ccc(C=CC(Cl)=C(Cl)Cl)cc1. The molecule has 0 unspecified atom stereocenters. The van der Waals surface area contributed by atoms with Crippen molar-refractivity contribution in [1.29, 1.82) is 0 Å². The summed E-state index contributed by atoms with van der Waals surface area (Å²) in [5.74, 6) is 0. The van der Waals surface area contributed by atoms with E-state index >= 15 is 0 Å². The Hall–Kier alpha value is -0.430. The van der Waals surface area contributed by atoms with Gasteiger partial charge >= 0.3 is 0 Å². The van der Waals surface area contributed by atoms with Crippen molar-refractivity contribution in [2.75, 3.05) is 0 Å². The zero-order valence-electron chi connectivity index (χ0n) is 7.60. The van der Waals surface area contributed by atoms with E-state index in [1.165, 1.54) is 5.56 Å². The predicted molar refractivity (Wildman–Crippen MR) is 64.8 cm³/mol. The molecule has 3 heteroatoms. The van der Waals surface area contributed by atoms with Crippen molar-refractivity contribution < 1.29 is 0 Å². The van der Waals surface area contributed by atoms with Gasteiger partial charge in [0.25, 0.3) is 0 Å². The lowest BCUT2D eigenvalue weighted by Gasteiger charge is -1.94. The fourth-order valence-electron chi connectivity index (χ4n) is 0.910. The number of aryl methyl sites for hydroxylation is 1. The highest BCUT2D eigenvalue weighted by atomic mass is 35.5. The van der Waals surface area contributed by atoms with Crippen LogP contribution in [-0.2, 0) is 0 Å². The molecule has 0 fully saturated rings. The zero-order chi connectivity index (χ0) is 10.6. The lowest BCUT2D eigenvalue weighted by molar-refractivity contribution is 1.46. The third-order valence-corrected chi connectivity index (χ3v) is 2.60. The van der Waals surface area contributed by atoms with Gasteiger partial charge in [-0.25, -0.2) is 0 Å². The quantitative estimate of drug-likeness (QED) is 0.653. The van der Waals surface area contributed by atoms with Crippen LogP contribution in [0.4, 0.5) is 0 Å². The minimum Gasteiger partial charge on any atom is -0.0817 e. The maximum absolute atomic E-state index is 5.73. The van der Waals surface area contributed by atoms with E-state index in [4.69, 9.17) is 34.8 Å². The van der Waals surface area contributed by atoms with E-state index < -0.39 is 0 Å². The average molecular weight is 248 g/mol. The van der Waals surface area contributed by atoms with Crippen LogP contribution in [0.3, 0.4) is 0 Å². The summed E-state index contributed by atoms with van der Waals surface area (Å²) in [7, 11) is 0. The molecule has 0 amide bonds. The van der Waals surface area contributed by atoms with Crippen LogP contribution in [0.25, 0.3) is 6.08 Å². The van der Waals surface area contributed by atoms with Crippen molar-refractivity contribution in [3.63, 3.8) is 0 Å². The molecule has 0 atom stereocenters. The lowest BCUT2D eigenvalue weighted by Crippen LogP contribution is -1.73. The third kappa shape index (κ3) is 3.75. The average Bonchev–Trinajstić information content (AvgIpc) is 2.16. The Morgan fingerprint density at radius 2 is 1.64 bits per heavy atom. The standard InChI is InChI=1S/C11H9Cl3/c1-8-2-4-9(5-3-8)6-7-10(12)11(13)14/h2-7H,1H3. The number of hydrogen-bond donors (Lipinski definition) is 0. The van der Waals surface area contributed by atoms with Crippen LogP contribution in [0.2, 0.25) is 0 Å². The highest BCUT2D eigenvalue weighted by Crippen LogP contribution is 2.19. The van der Waals surface area contributed by atoms with Gasteiger partial charge in [0.1, 0.15) is 4.49 Å². The van der Waals surface area contributed by atoms with Gasteiger partial charge in [-0.2, -0.15) is 0 Å². The molecule has 74 valence electrons. The summed E-state index contributed by atoms with van der Waals surface area (Å²) in [6.07, 6.45) is 3.52. The molecule has 0 nitrogen and oxygen atoms in total. The van der Waals surface area contributed by atoms with E-state index in [9.17, 15) is 0 Å². The molecule has 0 heterocycles. The van der Waals surface area contributed by atoms with Crippen molar-refractivity contribution in [2.24, 2.45) is 0 Å². The van der Waals surface area contributed by atoms with Crippen molar-refractivity contribution in [1.82, 2.24) is 0 Å². The van der Waals surface area contributed by atoms with Crippen LogP contribution in [0.1, 0.15) is 11.1 Å². The molecule has 0 aliphatic heterocycles. The van der Waals surface area contributed by atoms with Crippen LogP contribution >= 0.6 is 34.8 Å². The van der Waals surface area contributed by atoms with Crippen LogP contribution in [0.15, 0.2) is 39.9 Å². The second-order valence-corrected chi connectivity index (χ2v) is 4.21. The van der Waals surface area contributed by atoms with E-state index in [0.29, 0.717) is 5.03 Å². The smallest absolute Gasteiger partial charge is 0.0817 e. The topological polar surface area (TPSA) is 0 Å². The monoisotopic (exact) mass is 246 g/mol. The lowest BCUT2D eigenvalue weighted by atomic mass is 10.1. The van der Waals surface area contributed by atoms with E-state index in [-0.39, 0.29) is 4.49 Å². The molecule has 0 bridgehead atoms. The first-order chi connectivity index (χ1) is 6.59. The Morgan fingerprint density at radius 1 is 1.07 bits per heavy atom. The minimum atomic E-state index is 0.0787. The fourth-order valence-corrected chi connectivity index (χ4v) is 1.10. The summed E-state index contributed by atoms with van der Waals surface area (Å²) in [6, 6.07) is 8.05. The first kappa shape index (κ1) is 11.6. The number of hydrogen-bond acceptors (Lipinski definition) is 0. The van der Waals surface area contributed by atoms with Crippen molar-refractivity contribution in [3.05, 3.63) is 51.0 Å². The maximum Gasteiger partial charge on any atom is 0.125 e. The molecular weight excluding hydrogens is 238 g/mol. The predicted octanol–water partition coefficient (Wildman–Crippen LogP) is 4.89. The van der Waals surface area contributed by atoms with Gasteiger partial charge in [0, 0.05) is 0 Å². The van der Waals surface area contributed by atoms with E-state index in [0.717, 1.165) is 5.56 Å². The molecule has 0 spiro atoms. The van der Waals surface area contributed by atoms with Crippen molar-refractivity contribution in [3.8, 4) is 0 Å². The Balaban J connectivity index is 2.79. The molecule has 0 aliphatic rings. The summed E-state index contributed by atoms with van der Waals surface area (Å²) in [6.45, 7) is 2.04. The summed E-state index contributed by atoms with van der Waals surface area (Å²) in [5, 5.41) is 0.342. The van der Waals surface area contributed by atoms with Gasteiger partial charge in [-0.1, -0.05) is 70.7 Å². The largest absolute Gasteiger partial charge is 0.125 e. The van der Waals surface area contributed by atoms with Crippen molar-refractivity contribution >= 4 is 40.9 Å². The van der Waals surface area contributed by atoms with Gasteiger partial charge in [-0.3, -0.25) is 0 Å². The van der Waals surface area contributed by atoms with Gasteiger partial charge < -0.3 is 0 Å². The van der Waals surface area contributed by atoms with Crippen LogP contribution in [0, 0.1) is 6.92 Å². The molecule has 0 radical (unpaired) electrons. The normalized spacial score (nSPS) is 10.6. The van der Waals surface area contributed by atoms with Gasteiger partial charge in [0.2, 0.25) is 0 Å². The molecule has 1 aromatic rings. The summed E-state index contributed by atoms with van der Waals surface area (Å²) in [5.41, 5.74) is 2.28. The molecule has 1 aromatic carbocycles. The van der Waals surface area contributed by atoms with Crippen LogP contribution in [-0.4, -0.2) is 0 Å². The first-order valence-electron chi connectivity index (χ1n) is 4.05. The van der Waals surface area contributed by atoms with E-state index in [1.807, 2.05) is 37.3 Å². The van der Waals surface area contributed by atoms with Gasteiger partial charge in [0.15, 0.2) is 0 Å². The Bertz CT molecular complexity index is 357. The number of halogens is 3. The van der Waals surface area contributed by atoms with E-state index in [1.54, 1.807) is 6.08 Å². The summed E-state index contributed by atoms with van der Waals surface area (Å²) in [4.78, 5) is 0. The zero-order valence-corrected chi connectivity index (χ0v) is 9.87. The van der Waals surface area contributed by atoms with Crippen LogP contribution in [0.5, 0.6) is 0 Å². The number of rotatable bonds is 2. The van der Waals surface area contributed by atoms with Gasteiger partial charge in [-0.05, 0) is 18.6 Å². The third-order valence-electron chi connectivity index (χ3n) is 1.68. The molecule has 1 rings (SSSR count). The highest BCUT2D eigenvalue weighted by Gasteiger charge is 1.93. The molecule has 0 saturated carbocycles. The molecule has 0 aromatic heterocycles. The molecule has 14 heavy (non-hydrogen) atoms. The van der Waals surface area contributed by atoms with Gasteiger partial charge in [-0.15, -0.1) is 0 Å². The Labute approximate surface area is 98.8 Å². The van der Waals surface area contributed by atoms with Crippen molar-refractivity contribution in [2.45, 2.75) is 6.92 Å². The molecule has 0 aliphatic carbocycles. The molecule has 0 saturated heterocycles.